The van der Waals surface area contributed by atoms with Gasteiger partial charge in [0.1, 0.15) is 10.8 Å². The van der Waals surface area contributed by atoms with Gasteiger partial charge in [0.25, 0.3) is 0 Å². The van der Waals surface area contributed by atoms with E-state index in [1.807, 2.05) is 19.3 Å². The number of rotatable bonds is 3. The number of aromatic nitrogens is 3. The molecule has 2 heterocycles. The lowest BCUT2D eigenvalue weighted by Gasteiger charge is -2.07. The van der Waals surface area contributed by atoms with E-state index in [4.69, 9.17) is 18.0 Å². The molecule has 3 N–H and O–H groups in total. The summed E-state index contributed by atoms with van der Waals surface area (Å²) in [5.74, 6) is 0.642. The third-order valence-corrected chi connectivity index (χ3v) is 2.26. The normalized spacial score (nSPS) is 10.1. The van der Waals surface area contributed by atoms with Crippen LogP contribution in [0.4, 0.5) is 11.5 Å². The Hall–Kier alpha value is -1.95. The molecule has 0 aliphatic heterocycles. The predicted molar refractivity (Wildman–Crippen MR) is 66.6 cm³/mol. The second kappa shape index (κ2) is 4.28. The number of thiocarbonyl (C=S) groups is 1. The van der Waals surface area contributed by atoms with Gasteiger partial charge < -0.3 is 11.1 Å². The van der Waals surface area contributed by atoms with Gasteiger partial charge in [-0.15, -0.1) is 0 Å². The van der Waals surface area contributed by atoms with Crippen LogP contribution in [0.25, 0.3) is 0 Å². The summed E-state index contributed by atoms with van der Waals surface area (Å²) in [7, 11) is 1.85. The van der Waals surface area contributed by atoms with E-state index in [9.17, 15) is 0 Å². The zero-order valence-electron chi connectivity index (χ0n) is 8.71. The topological polar surface area (TPSA) is 68.8 Å². The molecule has 0 saturated heterocycles. The van der Waals surface area contributed by atoms with Crippen molar-refractivity contribution < 1.29 is 0 Å². The maximum absolute atomic E-state index is 5.60. The first-order chi connectivity index (χ1) is 7.66. The molecule has 2 rings (SSSR count). The minimum atomic E-state index is 0.319. The average molecular weight is 233 g/mol. The van der Waals surface area contributed by atoms with Crippen molar-refractivity contribution >= 4 is 28.7 Å². The summed E-state index contributed by atoms with van der Waals surface area (Å²) in [5, 5.41) is 7.16. The van der Waals surface area contributed by atoms with E-state index in [1.165, 1.54) is 0 Å². The largest absolute Gasteiger partial charge is 0.389 e. The second-order valence-electron chi connectivity index (χ2n) is 3.29. The molecule has 0 aromatic carbocycles. The molecule has 5 nitrogen and oxygen atoms in total. The molecule has 2 aromatic heterocycles. The van der Waals surface area contributed by atoms with Crippen LogP contribution in [0.1, 0.15) is 5.56 Å². The van der Waals surface area contributed by atoms with Gasteiger partial charge in [0.05, 0.1) is 17.4 Å². The highest BCUT2D eigenvalue weighted by atomic mass is 32.1. The van der Waals surface area contributed by atoms with Crippen LogP contribution in [0.3, 0.4) is 0 Å². The Morgan fingerprint density at radius 2 is 2.38 bits per heavy atom. The number of nitrogens with two attached hydrogens (primary N) is 1. The molecule has 0 atom stereocenters. The van der Waals surface area contributed by atoms with Gasteiger partial charge in [-0.2, -0.15) is 5.10 Å². The summed E-state index contributed by atoms with van der Waals surface area (Å²) in [6.07, 6.45) is 5.23. The van der Waals surface area contributed by atoms with Crippen LogP contribution in [0.15, 0.2) is 30.7 Å². The zero-order valence-corrected chi connectivity index (χ0v) is 9.53. The van der Waals surface area contributed by atoms with Gasteiger partial charge in [-0.25, -0.2) is 4.98 Å². The van der Waals surface area contributed by atoms with Gasteiger partial charge in [-0.1, -0.05) is 12.2 Å². The van der Waals surface area contributed by atoms with Gasteiger partial charge in [-0.3, -0.25) is 4.68 Å². The monoisotopic (exact) mass is 233 g/mol. The fourth-order valence-electron chi connectivity index (χ4n) is 1.33. The van der Waals surface area contributed by atoms with Gasteiger partial charge in [0, 0.05) is 19.4 Å². The Bertz CT molecular complexity index is 519. The third kappa shape index (κ3) is 2.17. The Kier molecular flexibility index (Phi) is 2.82. The number of hydrogen-bond acceptors (Lipinski definition) is 4. The summed E-state index contributed by atoms with van der Waals surface area (Å²) in [4.78, 5) is 4.51. The molecule has 0 fully saturated rings. The Balaban J connectivity index is 2.31. The number of aryl methyl sites for hydroxylation is 1. The molecule has 6 heteroatoms. The SMILES string of the molecule is Cn1cc(Nc2ncccc2C(N)=S)cn1. The van der Waals surface area contributed by atoms with Crippen LogP contribution >= 0.6 is 12.2 Å². The lowest BCUT2D eigenvalue weighted by atomic mass is 10.2. The van der Waals surface area contributed by atoms with E-state index in [1.54, 1.807) is 23.1 Å². The molecule has 0 spiro atoms. The number of nitrogens with zero attached hydrogens (tertiary/aromatic N) is 3. The third-order valence-electron chi connectivity index (χ3n) is 2.04. The first-order valence-electron chi connectivity index (χ1n) is 4.67. The number of nitrogens with one attached hydrogen (secondary N) is 1. The molecular formula is C10H11N5S. The Morgan fingerprint density at radius 1 is 1.56 bits per heavy atom. The summed E-state index contributed by atoms with van der Waals surface area (Å²) in [6, 6.07) is 3.62. The van der Waals surface area contributed by atoms with Gasteiger partial charge >= 0.3 is 0 Å². The number of pyridine rings is 1. The molecule has 0 saturated carbocycles. The molecule has 0 bridgehead atoms. The van der Waals surface area contributed by atoms with E-state index in [-0.39, 0.29) is 0 Å². The Labute approximate surface area is 98.3 Å². The van der Waals surface area contributed by atoms with Crippen LogP contribution < -0.4 is 11.1 Å². The van der Waals surface area contributed by atoms with E-state index < -0.39 is 0 Å². The summed E-state index contributed by atoms with van der Waals surface area (Å²) in [6.45, 7) is 0. The zero-order chi connectivity index (χ0) is 11.5. The summed E-state index contributed by atoms with van der Waals surface area (Å²) < 4.78 is 1.70. The van der Waals surface area contributed by atoms with E-state index in [2.05, 4.69) is 15.4 Å². The maximum Gasteiger partial charge on any atom is 0.140 e. The predicted octanol–water partition coefficient (Wildman–Crippen LogP) is 1.19. The van der Waals surface area contributed by atoms with Crippen molar-refractivity contribution in [3.8, 4) is 0 Å². The molecule has 0 amide bonds. The molecule has 16 heavy (non-hydrogen) atoms. The molecule has 0 unspecified atom stereocenters. The van der Waals surface area contributed by atoms with Gasteiger partial charge in [-0.05, 0) is 12.1 Å². The van der Waals surface area contributed by atoms with Crippen LogP contribution in [0.5, 0.6) is 0 Å². The van der Waals surface area contributed by atoms with Crippen molar-refractivity contribution in [2.45, 2.75) is 0 Å². The Morgan fingerprint density at radius 3 is 3.00 bits per heavy atom. The highest BCUT2D eigenvalue weighted by Crippen LogP contribution is 2.17. The molecule has 0 aliphatic rings. The first-order valence-corrected chi connectivity index (χ1v) is 5.08. The minimum Gasteiger partial charge on any atom is -0.389 e. The first kappa shape index (κ1) is 10.6. The molecule has 2 aromatic rings. The number of hydrogen-bond donors (Lipinski definition) is 2. The van der Waals surface area contributed by atoms with Crippen molar-refractivity contribution in [1.82, 2.24) is 14.8 Å². The summed E-state index contributed by atoms with van der Waals surface area (Å²) in [5.41, 5.74) is 7.17. The highest BCUT2D eigenvalue weighted by Gasteiger charge is 2.06. The highest BCUT2D eigenvalue weighted by molar-refractivity contribution is 7.80. The minimum absolute atomic E-state index is 0.319. The quantitative estimate of drug-likeness (QED) is 0.779. The van der Waals surface area contributed by atoms with Crippen LogP contribution in [0, 0.1) is 0 Å². The second-order valence-corrected chi connectivity index (χ2v) is 3.73. The molecule has 0 radical (unpaired) electrons. The lowest BCUT2D eigenvalue weighted by Crippen LogP contribution is -2.12. The van der Waals surface area contributed by atoms with Crippen LogP contribution in [-0.4, -0.2) is 19.8 Å². The van der Waals surface area contributed by atoms with Crippen molar-refractivity contribution in [1.29, 1.82) is 0 Å². The smallest absolute Gasteiger partial charge is 0.140 e. The standard InChI is InChI=1S/C10H11N5S/c1-15-6-7(5-13-15)14-10-8(9(11)16)3-2-4-12-10/h2-6H,1H3,(H2,11,16)(H,12,14). The van der Waals surface area contributed by atoms with Crippen LogP contribution in [0.2, 0.25) is 0 Å². The van der Waals surface area contributed by atoms with Crippen molar-refractivity contribution in [2.75, 3.05) is 5.32 Å². The lowest BCUT2D eigenvalue weighted by molar-refractivity contribution is 0.768. The van der Waals surface area contributed by atoms with Crippen molar-refractivity contribution in [2.24, 2.45) is 12.8 Å². The van der Waals surface area contributed by atoms with E-state index in [0.29, 0.717) is 10.8 Å². The van der Waals surface area contributed by atoms with Gasteiger partial charge in [0.15, 0.2) is 0 Å². The van der Waals surface area contributed by atoms with E-state index in [0.717, 1.165) is 11.3 Å². The fourth-order valence-corrected chi connectivity index (χ4v) is 1.49. The van der Waals surface area contributed by atoms with Crippen LogP contribution in [-0.2, 0) is 7.05 Å². The van der Waals surface area contributed by atoms with E-state index >= 15 is 0 Å². The molecule has 0 aliphatic carbocycles. The average Bonchev–Trinajstić information content (AvgIpc) is 2.64. The van der Waals surface area contributed by atoms with Crippen molar-refractivity contribution in [3.05, 3.63) is 36.3 Å². The maximum atomic E-state index is 5.60. The summed E-state index contributed by atoms with van der Waals surface area (Å²) >= 11 is 4.95. The molecule has 82 valence electrons. The number of anilines is 2. The van der Waals surface area contributed by atoms with Crippen molar-refractivity contribution in [3.63, 3.8) is 0 Å². The van der Waals surface area contributed by atoms with Gasteiger partial charge in [0.2, 0.25) is 0 Å². The fraction of sp³-hybridized carbons (Fsp3) is 0.100. The molecular weight excluding hydrogens is 222 g/mol.